The Kier molecular flexibility index (Phi) is 3.72. The molecular formula is C17H21NO3. The minimum absolute atomic E-state index is 0.0325. The summed E-state index contributed by atoms with van der Waals surface area (Å²) >= 11 is 0. The van der Waals surface area contributed by atoms with Crippen molar-refractivity contribution in [3.8, 4) is 0 Å². The van der Waals surface area contributed by atoms with E-state index in [0.29, 0.717) is 6.61 Å². The number of carboxylic acids is 1. The van der Waals surface area contributed by atoms with Gasteiger partial charge < -0.3 is 14.4 Å². The van der Waals surface area contributed by atoms with Crippen LogP contribution in [-0.4, -0.2) is 22.2 Å². The maximum Gasteiger partial charge on any atom is 0.306 e. The Morgan fingerprint density at radius 3 is 2.90 bits per heavy atom. The Morgan fingerprint density at radius 2 is 2.24 bits per heavy atom. The van der Waals surface area contributed by atoms with Crippen molar-refractivity contribution in [3.63, 3.8) is 0 Å². The summed E-state index contributed by atoms with van der Waals surface area (Å²) in [4.78, 5) is 11.1. The van der Waals surface area contributed by atoms with Crippen molar-refractivity contribution in [2.45, 2.75) is 45.8 Å². The highest BCUT2D eigenvalue weighted by atomic mass is 16.5. The van der Waals surface area contributed by atoms with Crippen molar-refractivity contribution in [2.24, 2.45) is 0 Å². The summed E-state index contributed by atoms with van der Waals surface area (Å²) in [6, 6.07) is 6.39. The molecule has 4 nitrogen and oxygen atoms in total. The highest BCUT2D eigenvalue weighted by Crippen LogP contribution is 2.38. The molecule has 0 radical (unpaired) electrons. The van der Waals surface area contributed by atoms with Crippen LogP contribution in [0.25, 0.3) is 10.9 Å². The lowest BCUT2D eigenvalue weighted by molar-refractivity contribution is -0.140. The van der Waals surface area contributed by atoms with Crippen LogP contribution in [0.4, 0.5) is 0 Å². The van der Waals surface area contributed by atoms with Crippen LogP contribution in [0.2, 0.25) is 0 Å². The number of rotatable bonds is 4. The number of hydrogen-bond acceptors (Lipinski definition) is 2. The molecule has 1 N–H and O–H groups in total. The molecule has 0 saturated heterocycles. The SMILES string of the molecule is CCc1cccc2c1c1c(n2CC)C(CC(=O)O)OCC1. The van der Waals surface area contributed by atoms with Crippen LogP contribution < -0.4 is 0 Å². The standard InChI is InChI=1S/C17H21NO3/c1-3-11-6-5-7-13-16(11)12-8-9-21-14(10-15(19)20)17(12)18(13)4-2/h5-7,14H,3-4,8-10H2,1-2H3,(H,19,20). The Hall–Kier alpha value is -1.81. The predicted molar refractivity (Wildman–Crippen MR) is 81.6 cm³/mol. The quantitative estimate of drug-likeness (QED) is 0.938. The van der Waals surface area contributed by atoms with Gasteiger partial charge in [-0.3, -0.25) is 4.79 Å². The number of carboxylic acid groups (broad SMARTS) is 1. The Balaban J connectivity index is 2.27. The largest absolute Gasteiger partial charge is 0.481 e. The molecule has 1 unspecified atom stereocenters. The minimum Gasteiger partial charge on any atom is -0.481 e. The van der Waals surface area contributed by atoms with Crippen LogP contribution >= 0.6 is 0 Å². The summed E-state index contributed by atoms with van der Waals surface area (Å²) in [5, 5.41) is 10.5. The average molecular weight is 287 g/mol. The maximum absolute atomic E-state index is 11.1. The minimum atomic E-state index is -0.809. The van der Waals surface area contributed by atoms with Crippen LogP contribution in [0.1, 0.15) is 43.2 Å². The van der Waals surface area contributed by atoms with Crippen LogP contribution in [0.3, 0.4) is 0 Å². The molecule has 1 aliphatic rings. The van der Waals surface area contributed by atoms with E-state index >= 15 is 0 Å². The molecule has 1 atom stereocenters. The summed E-state index contributed by atoms with van der Waals surface area (Å²) in [5.74, 6) is -0.809. The zero-order chi connectivity index (χ0) is 15.0. The Labute approximate surface area is 124 Å². The second-order valence-electron chi connectivity index (χ2n) is 5.48. The lowest BCUT2D eigenvalue weighted by Gasteiger charge is -2.24. The van der Waals surface area contributed by atoms with Gasteiger partial charge in [-0.2, -0.15) is 0 Å². The molecule has 0 fully saturated rings. The van der Waals surface area contributed by atoms with Gasteiger partial charge in [0.2, 0.25) is 0 Å². The molecule has 112 valence electrons. The number of aliphatic carboxylic acids is 1. The van der Waals surface area contributed by atoms with Crippen LogP contribution in [0.5, 0.6) is 0 Å². The second kappa shape index (κ2) is 5.53. The first kappa shape index (κ1) is 14.1. The lowest BCUT2D eigenvalue weighted by Crippen LogP contribution is -2.21. The highest BCUT2D eigenvalue weighted by Gasteiger charge is 2.30. The van der Waals surface area contributed by atoms with Gasteiger partial charge in [0.25, 0.3) is 0 Å². The van der Waals surface area contributed by atoms with Gasteiger partial charge in [0.15, 0.2) is 0 Å². The van der Waals surface area contributed by atoms with E-state index in [9.17, 15) is 4.79 Å². The normalized spacial score (nSPS) is 17.9. The van der Waals surface area contributed by atoms with E-state index in [2.05, 4.69) is 36.6 Å². The topological polar surface area (TPSA) is 51.5 Å². The summed E-state index contributed by atoms with van der Waals surface area (Å²) in [5.41, 5.74) is 4.92. The molecule has 1 aromatic carbocycles. The molecule has 0 aliphatic carbocycles. The van der Waals surface area contributed by atoms with Crippen molar-refractivity contribution in [2.75, 3.05) is 6.61 Å². The van der Waals surface area contributed by atoms with Crippen molar-refractivity contribution in [1.82, 2.24) is 4.57 Å². The number of hydrogen-bond donors (Lipinski definition) is 1. The fourth-order valence-electron chi connectivity index (χ4n) is 3.53. The highest BCUT2D eigenvalue weighted by molar-refractivity contribution is 5.89. The molecule has 0 saturated carbocycles. The predicted octanol–water partition coefficient (Wildman–Crippen LogP) is 3.31. The van der Waals surface area contributed by atoms with Gasteiger partial charge in [0.05, 0.1) is 18.7 Å². The molecule has 0 amide bonds. The second-order valence-corrected chi connectivity index (χ2v) is 5.48. The monoisotopic (exact) mass is 287 g/mol. The van der Waals surface area contributed by atoms with Crippen molar-refractivity contribution in [1.29, 1.82) is 0 Å². The van der Waals surface area contributed by atoms with Crippen LogP contribution in [0.15, 0.2) is 18.2 Å². The number of carbonyl (C=O) groups is 1. The van der Waals surface area contributed by atoms with E-state index in [4.69, 9.17) is 9.84 Å². The van der Waals surface area contributed by atoms with E-state index in [1.54, 1.807) is 0 Å². The zero-order valence-corrected chi connectivity index (χ0v) is 12.6. The van der Waals surface area contributed by atoms with Gasteiger partial charge in [-0.15, -0.1) is 0 Å². The van der Waals surface area contributed by atoms with Gasteiger partial charge in [-0.1, -0.05) is 19.1 Å². The van der Waals surface area contributed by atoms with Gasteiger partial charge >= 0.3 is 5.97 Å². The van der Waals surface area contributed by atoms with Gasteiger partial charge in [-0.05, 0) is 37.0 Å². The van der Waals surface area contributed by atoms with Crippen LogP contribution in [-0.2, 0) is 28.9 Å². The van der Waals surface area contributed by atoms with Crippen molar-refractivity contribution in [3.05, 3.63) is 35.0 Å². The third-order valence-corrected chi connectivity index (χ3v) is 4.35. The number of benzene rings is 1. The molecule has 2 heterocycles. The molecule has 0 spiro atoms. The number of aryl methyl sites for hydroxylation is 2. The number of fused-ring (bicyclic) bond motifs is 3. The molecule has 21 heavy (non-hydrogen) atoms. The van der Waals surface area contributed by atoms with E-state index in [-0.39, 0.29) is 12.5 Å². The van der Waals surface area contributed by atoms with Gasteiger partial charge in [-0.25, -0.2) is 0 Å². The van der Waals surface area contributed by atoms with E-state index < -0.39 is 5.97 Å². The number of aromatic nitrogens is 1. The third-order valence-electron chi connectivity index (χ3n) is 4.35. The van der Waals surface area contributed by atoms with Crippen molar-refractivity contribution >= 4 is 16.9 Å². The Bertz CT molecular complexity index is 687. The Morgan fingerprint density at radius 1 is 1.43 bits per heavy atom. The first-order valence-corrected chi connectivity index (χ1v) is 7.63. The number of nitrogens with zero attached hydrogens (tertiary/aromatic N) is 1. The zero-order valence-electron chi connectivity index (χ0n) is 12.6. The molecule has 1 aliphatic heterocycles. The smallest absolute Gasteiger partial charge is 0.306 e. The van der Waals surface area contributed by atoms with E-state index in [1.165, 1.54) is 22.0 Å². The molecule has 3 rings (SSSR count). The summed E-state index contributed by atoms with van der Waals surface area (Å²) in [7, 11) is 0. The fourth-order valence-corrected chi connectivity index (χ4v) is 3.53. The molecule has 1 aromatic heterocycles. The number of ether oxygens (including phenoxy) is 1. The third kappa shape index (κ3) is 2.23. The van der Waals surface area contributed by atoms with Crippen LogP contribution in [0, 0.1) is 0 Å². The maximum atomic E-state index is 11.1. The summed E-state index contributed by atoms with van der Waals surface area (Å²) in [6.45, 7) is 5.70. The van der Waals surface area contributed by atoms with Crippen molar-refractivity contribution < 1.29 is 14.6 Å². The summed E-state index contributed by atoms with van der Waals surface area (Å²) in [6.07, 6.45) is 1.56. The molecular weight excluding hydrogens is 266 g/mol. The molecule has 4 heteroatoms. The first-order chi connectivity index (χ1) is 10.2. The molecule has 0 bridgehead atoms. The van der Waals surface area contributed by atoms with Gasteiger partial charge in [0.1, 0.15) is 6.10 Å². The summed E-state index contributed by atoms with van der Waals surface area (Å²) < 4.78 is 7.99. The first-order valence-electron chi connectivity index (χ1n) is 7.63. The average Bonchev–Trinajstić information content (AvgIpc) is 2.81. The van der Waals surface area contributed by atoms with E-state index in [1.807, 2.05) is 0 Å². The van der Waals surface area contributed by atoms with Gasteiger partial charge in [0, 0.05) is 17.4 Å². The van der Waals surface area contributed by atoms with E-state index in [0.717, 1.165) is 25.1 Å². The fraction of sp³-hybridized carbons (Fsp3) is 0.471. The lowest BCUT2D eigenvalue weighted by atomic mass is 9.97. The molecule has 2 aromatic rings.